The molecule has 1 atom stereocenters. The van der Waals surface area contributed by atoms with Gasteiger partial charge in [0.25, 0.3) is 0 Å². The first-order chi connectivity index (χ1) is 17.1. The van der Waals surface area contributed by atoms with Crippen LogP contribution in [-0.2, 0) is 17.5 Å². The Bertz CT molecular complexity index is 1450. The number of aryl methyl sites for hydroxylation is 1. The number of nitrogen functional groups attached to an aromatic ring is 1. The number of halogens is 1. The average Bonchev–Trinajstić information content (AvgIpc) is 3.18. The number of benzene rings is 2. The number of phosphoric acid groups is 1. The van der Waals surface area contributed by atoms with Gasteiger partial charge in [0.15, 0.2) is 17.3 Å². The highest BCUT2D eigenvalue weighted by molar-refractivity contribution is 14.1. The van der Waals surface area contributed by atoms with E-state index in [9.17, 15) is 19.5 Å². The highest BCUT2D eigenvalue weighted by Gasteiger charge is 2.24. The summed E-state index contributed by atoms with van der Waals surface area (Å²) in [7, 11) is -4.90. The molecule has 4 aromatic rings. The summed E-state index contributed by atoms with van der Waals surface area (Å²) < 4.78 is 21.6. The molecule has 0 spiro atoms. The van der Waals surface area contributed by atoms with Crippen molar-refractivity contribution < 1.29 is 24.0 Å². The van der Waals surface area contributed by atoms with Crippen LogP contribution >= 0.6 is 30.7 Å². The number of hydrogen-bond donors (Lipinski definition) is 5. The number of phosphoric ester groups is 1. The van der Waals surface area contributed by atoms with Crippen molar-refractivity contribution in [3.05, 3.63) is 53.3 Å². The molecule has 0 radical (unpaired) electrons. The number of aromatic hydroxyl groups is 1. The second-order valence-corrected chi connectivity index (χ2v) is 10.7. The van der Waals surface area contributed by atoms with Crippen LogP contribution in [0.5, 0.6) is 11.5 Å². The predicted octanol–water partition coefficient (Wildman–Crippen LogP) is 4.78. The SMILES string of the molecule is CCCCc1nc2c(N)nc3ccc(C(C)CNI)cc3c2n1Cc1cccc(O)c1OP(=O)(O)O. The van der Waals surface area contributed by atoms with Crippen molar-refractivity contribution in [1.82, 2.24) is 18.1 Å². The van der Waals surface area contributed by atoms with Gasteiger partial charge in [0.1, 0.15) is 11.3 Å². The third-order valence-electron chi connectivity index (χ3n) is 6.13. The summed E-state index contributed by atoms with van der Waals surface area (Å²) in [6, 6.07) is 10.7. The standard InChI is InChI=1S/C24H29IN5O5P/c1-3-4-8-20-29-21-22(17-11-15(14(2)12-27-25)9-10-18(17)28-24(21)26)30(20)13-16-6-5-7-19(31)23(16)35-36(32,33)34/h5-7,9-11,14,27,31H,3-4,8,12-13H2,1-2H3,(H2,26,28)(H2,32,33,34). The van der Waals surface area contributed by atoms with Crippen molar-refractivity contribution in [2.75, 3.05) is 12.3 Å². The third kappa shape index (κ3) is 5.60. The highest BCUT2D eigenvalue weighted by Crippen LogP contribution is 2.44. The Morgan fingerprint density at radius 2 is 2.03 bits per heavy atom. The van der Waals surface area contributed by atoms with Crippen molar-refractivity contribution >= 4 is 58.4 Å². The van der Waals surface area contributed by atoms with Gasteiger partial charge in [0, 0.05) is 46.8 Å². The number of aromatic nitrogens is 3. The van der Waals surface area contributed by atoms with E-state index in [4.69, 9.17) is 15.2 Å². The number of para-hydroxylation sites is 1. The van der Waals surface area contributed by atoms with E-state index >= 15 is 0 Å². The summed E-state index contributed by atoms with van der Waals surface area (Å²) in [5.41, 5.74) is 9.96. The maximum absolute atomic E-state index is 11.6. The van der Waals surface area contributed by atoms with Crippen LogP contribution in [0.2, 0.25) is 0 Å². The molecule has 0 aliphatic rings. The topological polar surface area (TPSA) is 156 Å². The number of hydrogen-bond acceptors (Lipinski definition) is 7. The summed E-state index contributed by atoms with van der Waals surface area (Å²) in [5, 5.41) is 11.2. The van der Waals surface area contributed by atoms with Crippen LogP contribution in [0.15, 0.2) is 36.4 Å². The van der Waals surface area contributed by atoms with Crippen molar-refractivity contribution in [3.63, 3.8) is 0 Å². The number of phenolic OH excluding ortho intramolecular Hbond substituents is 1. The fourth-order valence-corrected chi connectivity index (χ4v) is 5.41. The second-order valence-electron chi connectivity index (χ2n) is 8.77. The van der Waals surface area contributed by atoms with E-state index in [1.807, 2.05) is 16.7 Å². The molecule has 0 aliphatic carbocycles. The lowest BCUT2D eigenvalue weighted by Crippen LogP contribution is -2.10. The van der Waals surface area contributed by atoms with Crippen LogP contribution in [0.25, 0.3) is 21.9 Å². The zero-order valence-electron chi connectivity index (χ0n) is 20.0. The summed E-state index contributed by atoms with van der Waals surface area (Å²) in [4.78, 5) is 28.3. The van der Waals surface area contributed by atoms with Gasteiger partial charge in [-0.05, 0) is 36.1 Å². The molecule has 0 amide bonds. The number of nitrogens with two attached hydrogens (primary N) is 1. The minimum absolute atomic E-state index is 0.160. The number of rotatable bonds is 10. The van der Waals surface area contributed by atoms with Crippen molar-refractivity contribution in [3.8, 4) is 11.5 Å². The minimum Gasteiger partial charge on any atom is -0.504 e. The molecule has 0 fully saturated rings. The number of phenols is 1. The molecule has 10 nitrogen and oxygen atoms in total. The van der Waals surface area contributed by atoms with Gasteiger partial charge in [-0.3, -0.25) is 13.3 Å². The smallest absolute Gasteiger partial charge is 0.504 e. The van der Waals surface area contributed by atoms with E-state index in [1.54, 1.807) is 12.1 Å². The summed E-state index contributed by atoms with van der Waals surface area (Å²) >= 11 is 2.13. The number of nitrogens with zero attached hydrogens (tertiary/aromatic N) is 3. The van der Waals surface area contributed by atoms with Gasteiger partial charge in [0.05, 0.1) is 17.6 Å². The first-order valence-electron chi connectivity index (χ1n) is 11.6. The fourth-order valence-electron chi connectivity index (χ4n) is 4.30. The largest absolute Gasteiger partial charge is 0.524 e. The zero-order valence-corrected chi connectivity index (χ0v) is 23.0. The lowest BCUT2D eigenvalue weighted by Gasteiger charge is -2.17. The van der Waals surface area contributed by atoms with Crippen LogP contribution in [0.3, 0.4) is 0 Å². The van der Waals surface area contributed by atoms with Gasteiger partial charge in [-0.1, -0.05) is 38.5 Å². The number of nitrogens with one attached hydrogen (secondary N) is 1. The van der Waals surface area contributed by atoms with Crippen LogP contribution in [0.1, 0.15) is 49.6 Å². The highest BCUT2D eigenvalue weighted by atomic mass is 127. The van der Waals surface area contributed by atoms with Crippen molar-refractivity contribution in [1.29, 1.82) is 0 Å². The molecule has 2 aromatic carbocycles. The molecule has 0 saturated carbocycles. The second kappa shape index (κ2) is 10.9. The lowest BCUT2D eigenvalue weighted by molar-refractivity contribution is 0.276. The van der Waals surface area contributed by atoms with E-state index < -0.39 is 7.82 Å². The first-order valence-corrected chi connectivity index (χ1v) is 14.2. The average molecular weight is 625 g/mol. The predicted molar refractivity (Wildman–Crippen MR) is 148 cm³/mol. The molecule has 36 heavy (non-hydrogen) atoms. The lowest BCUT2D eigenvalue weighted by atomic mass is 9.99. The Morgan fingerprint density at radius 3 is 2.72 bits per heavy atom. The molecule has 0 aliphatic heterocycles. The Morgan fingerprint density at radius 1 is 1.25 bits per heavy atom. The Labute approximate surface area is 222 Å². The summed E-state index contributed by atoms with van der Waals surface area (Å²) in [6.07, 6.45) is 2.53. The minimum atomic E-state index is -4.90. The molecular formula is C24H29IN5O5P. The van der Waals surface area contributed by atoms with Gasteiger partial charge in [-0.25, -0.2) is 14.5 Å². The van der Waals surface area contributed by atoms with Gasteiger partial charge >= 0.3 is 7.82 Å². The van der Waals surface area contributed by atoms with Crippen LogP contribution in [0.4, 0.5) is 5.82 Å². The quantitative estimate of drug-likeness (QED) is 0.0952. The number of unbranched alkanes of at least 4 members (excludes halogenated alkanes) is 1. The molecule has 2 heterocycles. The summed E-state index contributed by atoms with van der Waals surface area (Å²) in [6.45, 7) is 5.18. The van der Waals surface area contributed by atoms with Gasteiger partial charge in [-0.15, -0.1) is 0 Å². The Balaban J connectivity index is 1.97. The van der Waals surface area contributed by atoms with Crippen molar-refractivity contribution in [2.24, 2.45) is 0 Å². The Kier molecular flexibility index (Phi) is 8.06. The first kappa shape index (κ1) is 26.6. The number of pyridine rings is 1. The third-order valence-corrected chi connectivity index (χ3v) is 6.99. The monoisotopic (exact) mass is 625 g/mol. The van der Waals surface area contributed by atoms with E-state index in [-0.39, 0.29) is 24.0 Å². The number of fused-ring (bicyclic) bond motifs is 3. The molecule has 0 saturated heterocycles. The normalized spacial score (nSPS) is 12.9. The van der Waals surface area contributed by atoms with Gasteiger partial charge in [-0.2, -0.15) is 0 Å². The van der Waals surface area contributed by atoms with E-state index in [1.165, 1.54) is 6.07 Å². The maximum Gasteiger partial charge on any atom is 0.524 e. The van der Waals surface area contributed by atoms with E-state index in [0.717, 1.165) is 47.2 Å². The molecule has 1 unspecified atom stereocenters. The number of anilines is 1. The van der Waals surface area contributed by atoms with Crippen LogP contribution in [-0.4, -0.2) is 36.0 Å². The van der Waals surface area contributed by atoms with E-state index in [0.29, 0.717) is 23.3 Å². The zero-order chi connectivity index (χ0) is 26.0. The van der Waals surface area contributed by atoms with Gasteiger partial charge in [0.2, 0.25) is 0 Å². The van der Waals surface area contributed by atoms with Crippen LogP contribution in [0, 0.1) is 0 Å². The Hall–Kier alpha value is -2.44. The molecular weight excluding hydrogens is 596 g/mol. The summed E-state index contributed by atoms with van der Waals surface area (Å²) in [5.74, 6) is 0.716. The number of imidazole rings is 1. The molecule has 4 rings (SSSR count). The maximum atomic E-state index is 11.6. The fraction of sp³-hybridized carbons (Fsp3) is 0.333. The molecule has 2 aromatic heterocycles. The molecule has 6 N–H and O–H groups in total. The molecule has 12 heteroatoms. The van der Waals surface area contributed by atoms with E-state index in [2.05, 4.69) is 51.3 Å². The molecule has 192 valence electrons. The van der Waals surface area contributed by atoms with Crippen LogP contribution < -0.4 is 13.8 Å². The van der Waals surface area contributed by atoms with Crippen molar-refractivity contribution in [2.45, 2.75) is 45.6 Å². The van der Waals surface area contributed by atoms with Gasteiger partial charge < -0.3 is 19.9 Å². The molecule has 0 bridgehead atoms.